The second-order valence-corrected chi connectivity index (χ2v) is 23.8. The SMILES string of the molecule is c1ccc(-n2c3ccccc3c3cc4c5ccccc5n(-c5cc6c7c(c5)Oc5cc8c(cc5B7c5ccccc5O6)Oc5cc(-n6c7ccccc7c7cc9c%10ccccc%10n(-c%10ccccc%10)c9cc76)cc6c5B8c5ccccc5O6)c4cc32)cc1. The van der Waals surface area contributed by atoms with Crippen molar-refractivity contribution in [2.24, 2.45) is 0 Å². The summed E-state index contributed by atoms with van der Waals surface area (Å²) in [4.78, 5) is 0. The molecule has 0 fully saturated rings. The lowest BCUT2D eigenvalue weighted by molar-refractivity contribution is 0.457. The van der Waals surface area contributed by atoms with Crippen LogP contribution >= 0.6 is 0 Å². The van der Waals surface area contributed by atoms with Crippen LogP contribution in [0.2, 0.25) is 0 Å². The summed E-state index contributed by atoms with van der Waals surface area (Å²) in [7, 11) is 0. The van der Waals surface area contributed by atoms with Crippen molar-refractivity contribution >= 4 is 133 Å². The molecule has 406 valence electrons. The molecule has 0 saturated carbocycles. The highest BCUT2D eigenvalue weighted by Gasteiger charge is 2.46. The van der Waals surface area contributed by atoms with Gasteiger partial charge in [0.1, 0.15) is 46.0 Å². The molecule has 0 amide bonds. The number of para-hydroxylation sites is 8. The second-order valence-electron chi connectivity index (χ2n) is 23.8. The van der Waals surface area contributed by atoms with E-state index in [9.17, 15) is 0 Å². The lowest BCUT2D eigenvalue weighted by Gasteiger charge is -2.37. The Morgan fingerprint density at radius 1 is 0.193 bits per heavy atom. The zero-order valence-corrected chi connectivity index (χ0v) is 47.0. The Morgan fingerprint density at radius 3 is 0.852 bits per heavy atom. The topological polar surface area (TPSA) is 56.6 Å². The van der Waals surface area contributed by atoms with Gasteiger partial charge in [-0.3, -0.25) is 0 Å². The lowest BCUT2D eigenvalue weighted by atomic mass is 9.32. The maximum atomic E-state index is 7.42. The van der Waals surface area contributed by atoms with Crippen LogP contribution in [0.3, 0.4) is 0 Å². The van der Waals surface area contributed by atoms with E-state index in [4.69, 9.17) is 18.9 Å². The van der Waals surface area contributed by atoms with Gasteiger partial charge >= 0.3 is 0 Å². The summed E-state index contributed by atoms with van der Waals surface area (Å²) in [5.41, 5.74) is 19.3. The third kappa shape index (κ3) is 6.19. The molecule has 4 aliphatic rings. The first-order valence-electron chi connectivity index (χ1n) is 30.1. The van der Waals surface area contributed by atoms with Gasteiger partial charge in [0.05, 0.1) is 55.5 Å². The summed E-state index contributed by atoms with van der Waals surface area (Å²) in [5, 5.41) is 9.55. The zero-order chi connectivity index (χ0) is 57.0. The number of rotatable bonds is 4. The molecule has 17 aromatic rings. The molecule has 0 aliphatic carbocycles. The van der Waals surface area contributed by atoms with E-state index in [1.807, 2.05) is 0 Å². The average Bonchev–Trinajstić information content (AvgIpc) is 0.800. The third-order valence-electron chi connectivity index (χ3n) is 19.3. The first kappa shape index (κ1) is 46.7. The Morgan fingerprint density at radius 2 is 0.489 bits per heavy atom. The van der Waals surface area contributed by atoms with E-state index < -0.39 is 0 Å². The van der Waals surface area contributed by atoms with Gasteiger partial charge in [-0.1, -0.05) is 146 Å². The molecule has 21 rings (SSSR count). The minimum Gasteiger partial charge on any atom is -0.458 e. The van der Waals surface area contributed by atoms with Crippen LogP contribution in [-0.2, 0) is 0 Å². The minimum atomic E-state index is -0.216. The Labute approximate surface area is 503 Å². The molecule has 0 bridgehead atoms. The van der Waals surface area contributed by atoms with Crippen molar-refractivity contribution in [3.63, 3.8) is 0 Å². The fraction of sp³-hybridized carbons (Fsp3) is 0. The molecule has 0 spiro atoms. The second kappa shape index (κ2) is 17.1. The summed E-state index contributed by atoms with van der Waals surface area (Å²) in [6.07, 6.45) is 0. The maximum Gasteiger partial charge on any atom is 0.260 e. The number of ether oxygens (including phenoxy) is 4. The van der Waals surface area contributed by atoms with Crippen molar-refractivity contribution in [2.45, 2.75) is 0 Å². The quantitative estimate of drug-likeness (QED) is 0.165. The summed E-state index contributed by atoms with van der Waals surface area (Å²) < 4.78 is 38.6. The maximum absolute atomic E-state index is 7.42. The fourth-order valence-corrected chi connectivity index (χ4v) is 15.7. The highest BCUT2D eigenvalue weighted by molar-refractivity contribution is 7.00. The predicted molar refractivity (Wildman–Crippen MR) is 359 cm³/mol. The van der Waals surface area contributed by atoms with E-state index >= 15 is 0 Å². The highest BCUT2D eigenvalue weighted by atomic mass is 16.5. The Hall–Kier alpha value is -11.6. The van der Waals surface area contributed by atoms with Gasteiger partial charge in [0, 0.05) is 89.7 Å². The van der Waals surface area contributed by atoms with E-state index in [2.05, 4.69) is 285 Å². The summed E-state index contributed by atoms with van der Waals surface area (Å²) >= 11 is 0. The van der Waals surface area contributed by atoms with Gasteiger partial charge in [0.2, 0.25) is 0 Å². The lowest BCUT2D eigenvalue weighted by Crippen LogP contribution is -2.60. The Balaban J connectivity index is 0.754. The van der Waals surface area contributed by atoms with Gasteiger partial charge in [0.25, 0.3) is 13.4 Å². The number of nitrogens with zero attached hydrogens (tertiary/aromatic N) is 4. The Bertz CT molecular complexity index is 5610. The smallest absolute Gasteiger partial charge is 0.260 e. The van der Waals surface area contributed by atoms with Crippen LogP contribution in [0.25, 0.3) is 110 Å². The van der Waals surface area contributed by atoms with Crippen molar-refractivity contribution in [3.8, 4) is 68.7 Å². The van der Waals surface area contributed by atoms with Crippen LogP contribution in [0.15, 0.2) is 267 Å². The highest BCUT2D eigenvalue weighted by Crippen LogP contribution is 2.46. The molecule has 13 aromatic carbocycles. The molecule has 8 heterocycles. The number of hydrogen-bond donors (Lipinski definition) is 0. The van der Waals surface area contributed by atoms with Crippen LogP contribution in [0.1, 0.15) is 0 Å². The molecular formula is C78H44B2N4O4. The molecule has 8 nitrogen and oxygen atoms in total. The number of benzene rings is 13. The molecule has 0 unspecified atom stereocenters. The average molecular weight is 1120 g/mol. The monoisotopic (exact) mass is 1120 g/mol. The number of fused-ring (bicyclic) bond motifs is 20. The fourth-order valence-electron chi connectivity index (χ4n) is 15.7. The Kier molecular flexibility index (Phi) is 9.06. The van der Waals surface area contributed by atoms with E-state index in [0.29, 0.717) is 0 Å². The van der Waals surface area contributed by atoms with Crippen LogP contribution < -0.4 is 51.7 Å². The first-order chi connectivity index (χ1) is 43.6. The summed E-state index contributed by atoms with van der Waals surface area (Å²) in [6.45, 7) is -0.431. The molecular weight excluding hydrogens is 1080 g/mol. The van der Waals surface area contributed by atoms with Gasteiger partial charge in [-0.15, -0.1) is 0 Å². The van der Waals surface area contributed by atoms with Crippen molar-refractivity contribution in [1.82, 2.24) is 18.3 Å². The van der Waals surface area contributed by atoms with Crippen LogP contribution in [0.4, 0.5) is 0 Å². The van der Waals surface area contributed by atoms with E-state index in [1.165, 1.54) is 54.1 Å². The molecule has 0 radical (unpaired) electrons. The molecule has 4 aromatic heterocycles. The van der Waals surface area contributed by atoms with Gasteiger partial charge in [-0.2, -0.15) is 0 Å². The van der Waals surface area contributed by atoms with Crippen molar-refractivity contribution in [3.05, 3.63) is 267 Å². The largest absolute Gasteiger partial charge is 0.458 e. The van der Waals surface area contributed by atoms with Crippen LogP contribution in [-0.4, -0.2) is 31.7 Å². The van der Waals surface area contributed by atoms with Crippen LogP contribution in [0.5, 0.6) is 46.0 Å². The molecule has 4 aliphatic heterocycles. The molecule has 0 saturated heterocycles. The number of hydrogen-bond acceptors (Lipinski definition) is 4. The van der Waals surface area contributed by atoms with Crippen molar-refractivity contribution in [2.75, 3.05) is 0 Å². The first-order valence-corrected chi connectivity index (χ1v) is 30.1. The molecule has 88 heavy (non-hydrogen) atoms. The normalized spacial score (nSPS) is 13.3. The van der Waals surface area contributed by atoms with Gasteiger partial charge in [0.15, 0.2) is 0 Å². The van der Waals surface area contributed by atoms with E-state index in [1.54, 1.807) is 0 Å². The van der Waals surface area contributed by atoms with Crippen molar-refractivity contribution in [1.29, 1.82) is 0 Å². The molecule has 10 heteroatoms. The summed E-state index contributed by atoms with van der Waals surface area (Å²) in [6, 6.07) is 96.1. The third-order valence-corrected chi connectivity index (χ3v) is 19.3. The van der Waals surface area contributed by atoms with E-state index in [-0.39, 0.29) is 13.4 Å². The minimum absolute atomic E-state index is 0.216. The van der Waals surface area contributed by atoms with Crippen molar-refractivity contribution < 1.29 is 18.9 Å². The number of aromatic nitrogens is 4. The van der Waals surface area contributed by atoms with Gasteiger partial charge in [-0.05, 0) is 119 Å². The van der Waals surface area contributed by atoms with Crippen LogP contribution in [0, 0.1) is 0 Å². The van der Waals surface area contributed by atoms with Gasteiger partial charge < -0.3 is 37.2 Å². The van der Waals surface area contributed by atoms with E-state index in [0.717, 1.165) is 135 Å². The summed E-state index contributed by atoms with van der Waals surface area (Å²) in [5.74, 6) is 6.23. The van der Waals surface area contributed by atoms with Gasteiger partial charge in [-0.25, -0.2) is 0 Å². The molecule has 0 atom stereocenters. The predicted octanol–water partition coefficient (Wildman–Crippen LogP) is 15.5. The molecule has 0 N–H and O–H groups in total. The standard InChI is InChI=1S/C78H44B2N4O4/c1-3-19-45(20-4-1)81-61-29-13-7-23-49(61)53-39-55-51-25-9-15-31-63(51)83(67(55)43-65(53)81)47-35-73-77-75(37-47)87-71-41-60-72(42-59(71)79(77)57-27-11-17-33-69(57)85-73)88-76-38-48(36-74-78(76)80(60)58-28-12-18-34-70(58)86-74)84-64-32-16-10-26-52(64)56-40-54-50-24-8-14-30-62(50)82(66(54)44-68(56)84)46-21-5-2-6-22-46/h1-44H. The zero-order valence-electron chi connectivity index (χ0n) is 47.0.